The molecule has 2 amide bonds. The normalized spacial score (nSPS) is 26.2. The quantitative estimate of drug-likeness (QED) is 0.821. The summed E-state index contributed by atoms with van der Waals surface area (Å²) < 4.78 is 13.1. The first-order valence-corrected chi connectivity index (χ1v) is 8.95. The number of rotatable bonds is 6. The summed E-state index contributed by atoms with van der Waals surface area (Å²) in [6, 6.07) is 6.30. The monoisotopic (exact) mass is 348 g/mol. The average molecular weight is 348 g/mol. The molecule has 0 aromatic heterocycles. The summed E-state index contributed by atoms with van der Waals surface area (Å²) in [5.74, 6) is -0.446. The van der Waals surface area contributed by atoms with E-state index in [1.165, 1.54) is 12.1 Å². The van der Waals surface area contributed by atoms with Crippen molar-refractivity contribution in [1.29, 1.82) is 0 Å². The van der Waals surface area contributed by atoms with Gasteiger partial charge in [-0.15, -0.1) is 0 Å². The summed E-state index contributed by atoms with van der Waals surface area (Å²) in [6.45, 7) is 1.09. The maximum Gasteiger partial charge on any atom is 0.239 e. The van der Waals surface area contributed by atoms with Crippen LogP contribution in [0, 0.1) is 11.2 Å². The molecule has 2 fully saturated rings. The van der Waals surface area contributed by atoms with E-state index in [0.717, 1.165) is 24.8 Å². The van der Waals surface area contributed by atoms with Gasteiger partial charge in [0, 0.05) is 24.9 Å². The fourth-order valence-electron chi connectivity index (χ4n) is 3.98. The second-order valence-electron chi connectivity index (χ2n) is 7.27. The zero-order valence-corrected chi connectivity index (χ0v) is 14.3. The fraction of sp³-hybridized carbons (Fsp3) is 0.579. The second kappa shape index (κ2) is 7.52. The van der Waals surface area contributed by atoms with Gasteiger partial charge in [-0.3, -0.25) is 9.59 Å². The molecular formula is C19H25FN2O3. The third-order valence-corrected chi connectivity index (χ3v) is 5.47. The Balaban J connectivity index is 1.61. The molecule has 2 aliphatic rings. The van der Waals surface area contributed by atoms with Crippen molar-refractivity contribution in [3.05, 3.63) is 35.6 Å². The highest BCUT2D eigenvalue weighted by atomic mass is 19.1. The molecule has 1 saturated heterocycles. The predicted octanol–water partition coefficient (Wildman–Crippen LogP) is 1.64. The van der Waals surface area contributed by atoms with Crippen LogP contribution < -0.4 is 5.32 Å². The highest BCUT2D eigenvalue weighted by Crippen LogP contribution is 2.40. The van der Waals surface area contributed by atoms with Gasteiger partial charge in [-0.25, -0.2) is 4.39 Å². The van der Waals surface area contributed by atoms with Crippen molar-refractivity contribution in [2.45, 2.75) is 44.6 Å². The Labute approximate surface area is 147 Å². The molecule has 1 aromatic rings. The molecule has 0 spiro atoms. The smallest absolute Gasteiger partial charge is 0.239 e. The lowest BCUT2D eigenvalue weighted by Crippen LogP contribution is -2.46. The van der Waals surface area contributed by atoms with Gasteiger partial charge >= 0.3 is 0 Å². The summed E-state index contributed by atoms with van der Waals surface area (Å²) in [5.41, 5.74) is 0.522. The van der Waals surface area contributed by atoms with Gasteiger partial charge in [-0.2, -0.15) is 0 Å². The third-order valence-electron chi connectivity index (χ3n) is 5.47. The number of aliphatic hydroxyl groups is 1. The van der Waals surface area contributed by atoms with Crippen LogP contribution in [0.1, 0.15) is 37.7 Å². The Morgan fingerprint density at radius 1 is 1.32 bits per heavy atom. The van der Waals surface area contributed by atoms with Gasteiger partial charge in [0.1, 0.15) is 5.82 Å². The van der Waals surface area contributed by atoms with Crippen LogP contribution in [0.15, 0.2) is 24.3 Å². The predicted molar refractivity (Wildman–Crippen MR) is 91.2 cm³/mol. The first-order valence-electron chi connectivity index (χ1n) is 8.95. The summed E-state index contributed by atoms with van der Waals surface area (Å²) in [5, 5.41) is 13.4. The van der Waals surface area contributed by atoms with Crippen molar-refractivity contribution in [3.8, 4) is 0 Å². The van der Waals surface area contributed by atoms with Crippen molar-refractivity contribution >= 4 is 11.8 Å². The van der Waals surface area contributed by atoms with E-state index >= 15 is 0 Å². The lowest BCUT2D eigenvalue weighted by atomic mass is 9.78. The Bertz CT molecular complexity index is 634. The van der Waals surface area contributed by atoms with Crippen molar-refractivity contribution in [3.63, 3.8) is 0 Å². The summed E-state index contributed by atoms with van der Waals surface area (Å²) in [7, 11) is 0. The number of hydrogen-bond donors (Lipinski definition) is 2. The third kappa shape index (κ3) is 4.18. The van der Waals surface area contributed by atoms with Crippen LogP contribution >= 0.6 is 0 Å². The Kier molecular flexibility index (Phi) is 5.37. The van der Waals surface area contributed by atoms with E-state index in [4.69, 9.17) is 0 Å². The van der Waals surface area contributed by atoms with Crippen LogP contribution in [0.3, 0.4) is 0 Å². The van der Waals surface area contributed by atoms with E-state index in [0.29, 0.717) is 32.4 Å². The molecular weight excluding hydrogens is 323 g/mol. The van der Waals surface area contributed by atoms with E-state index in [1.807, 2.05) is 0 Å². The fourth-order valence-corrected chi connectivity index (χ4v) is 3.98. The summed E-state index contributed by atoms with van der Waals surface area (Å²) >= 11 is 0. The van der Waals surface area contributed by atoms with E-state index < -0.39 is 11.5 Å². The number of hydrogen-bond acceptors (Lipinski definition) is 3. The molecule has 1 aromatic carbocycles. The second-order valence-corrected chi connectivity index (χ2v) is 7.27. The number of nitrogens with one attached hydrogen (secondary N) is 1. The van der Waals surface area contributed by atoms with Gasteiger partial charge in [0.25, 0.3) is 0 Å². The molecule has 1 aliphatic carbocycles. The van der Waals surface area contributed by atoms with Crippen molar-refractivity contribution in [2.75, 3.05) is 19.6 Å². The number of likely N-dealkylation sites (tertiary alicyclic amines) is 1. The van der Waals surface area contributed by atoms with Crippen LogP contribution in [0.4, 0.5) is 4.39 Å². The molecule has 1 saturated carbocycles. The first-order chi connectivity index (χ1) is 12.0. The Morgan fingerprint density at radius 2 is 2.08 bits per heavy atom. The molecule has 2 N–H and O–H groups in total. The summed E-state index contributed by atoms with van der Waals surface area (Å²) in [6.07, 6.45) is 3.85. The lowest BCUT2D eigenvalue weighted by molar-refractivity contribution is -0.133. The van der Waals surface area contributed by atoms with E-state index in [-0.39, 0.29) is 24.2 Å². The molecule has 6 heteroatoms. The van der Waals surface area contributed by atoms with E-state index in [1.54, 1.807) is 17.0 Å². The standard InChI is InChI=1S/C19H25FN2O3/c20-15-7-5-14(6-8-15)11-19(9-1-3-16(19)23)13-21-17(24)12-22-10-2-4-18(22)25/h5-8,16,23H,1-4,9-13H2,(H,21,24)/t16-,19-/m0/s1. The number of amides is 2. The topological polar surface area (TPSA) is 69.6 Å². The van der Waals surface area contributed by atoms with Gasteiger partial charge < -0.3 is 15.3 Å². The van der Waals surface area contributed by atoms with Crippen molar-refractivity contribution < 1.29 is 19.1 Å². The number of carbonyl (C=O) groups is 2. The first kappa shape index (κ1) is 17.9. The number of halogens is 1. The largest absolute Gasteiger partial charge is 0.392 e. The molecule has 1 aliphatic heterocycles. The van der Waals surface area contributed by atoms with Crippen LogP contribution in [-0.4, -0.2) is 47.6 Å². The van der Waals surface area contributed by atoms with E-state index in [9.17, 15) is 19.1 Å². The SMILES string of the molecule is O=C(CN1CCCC1=O)NC[C@@]1(Cc2ccc(F)cc2)CCC[C@@H]1O. The van der Waals surface area contributed by atoms with Crippen molar-refractivity contribution in [1.82, 2.24) is 10.2 Å². The number of carbonyl (C=O) groups excluding carboxylic acids is 2. The number of aliphatic hydroxyl groups excluding tert-OH is 1. The van der Waals surface area contributed by atoms with Crippen LogP contribution in [0.25, 0.3) is 0 Å². The number of nitrogens with zero attached hydrogens (tertiary/aromatic N) is 1. The minimum Gasteiger partial charge on any atom is -0.392 e. The van der Waals surface area contributed by atoms with Gasteiger partial charge in [0.15, 0.2) is 0 Å². The molecule has 0 unspecified atom stereocenters. The lowest BCUT2D eigenvalue weighted by Gasteiger charge is -2.33. The molecule has 2 atom stereocenters. The zero-order valence-electron chi connectivity index (χ0n) is 14.3. The minimum atomic E-state index is -0.494. The van der Waals surface area contributed by atoms with Crippen LogP contribution in [0.5, 0.6) is 0 Å². The zero-order chi connectivity index (χ0) is 17.9. The molecule has 5 nitrogen and oxygen atoms in total. The molecule has 1 heterocycles. The van der Waals surface area contributed by atoms with E-state index in [2.05, 4.69) is 5.32 Å². The summed E-state index contributed by atoms with van der Waals surface area (Å²) in [4.78, 5) is 25.4. The van der Waals surface area contributed by atoms with Crippen molar-refractivity contribution in [2.24, 2.45) is 5.41 Å². The highest BCUT2D eigenvalue weighted by Gasteiger charge is 2.42. The average Bonchev–Trinajstić information content (AvgIpc) is 3.15. The maximum absolute atomic E-state index is 13.1. The Hall–Kier alpha value is -1.95. The van der Waals surface area contributed by atoms with Gasteiger partial charge in [0.05, 0.1) is 12.6 Å². The molecule has 0 radical (unpaired) electrons. The molecule has 136 valence electrons. The van der Waals surface area contributed by atoms with Crippen LogP contribution in [-0.2, 0) is 16.0 Å². The van der Waals surface area contributed by atoms with Crippen LogP contribution in [0.2, 0.25) is 0 Å². The molecule has 25 heavy (non-hydrogen) atoms. The van der Waals surface area contributed by atoms with Gasteiger partial charge in [0.2, 0.25) is 11.8 Å². The van der Waals surface area contributed by atoms with Gasteiger partial charge in [-0.1, -0.05) is 18.6 Å². The van der Waals surface area contributed by atoms with Gasteiger partial charge in [-0.05, 0) is 43.4 Å². The minimum absolute atomic E-state index is 0.0251. The maximum atomic E-state index is 13.1. The highest BCUT2D eigenvalue weighted by molar-refractivity contribution is 5.85. The number of benzene rings is 1. The molecule has 3 rings (SSSR count). The Morgan fingerprint density at radius 3 is 2.68 bits per heavy atom. The molecule has 0 bridgehead atoms.